The van der Waals surface area contributed by atoms with Crippen molar-refractivity contribution in [3.05, 3.63) is 64.2 Å². The molecule has 0 fully saturated rings. The van der Waals surface area contributed by atoms with Gasteiger partial charge in [0, 0.05) is 5.54 Å². The second-order valence-electron chi connectivity index (χ2n) is 10.9. The van der Waals surface area contributed by atoms with Gasteiger partial charge in [-0.05, 0) is 84.6 Å². The van der Waals surface area contributed by atoms with Crippen molar-refractivity contribution < 1.29 is 19.1 Å². The van der Waals surface area contributed by atoms with Crippen LogP contribution >= 0.6 is 11.6 Å². The van der Waals surface area contributed by atoms with Crippen LogP contribution in [-0.4, -0.2) is 40.0 Å². The summed E-state index contributed by atoms with van der Waals surface area (Å²) in [6, 6.07) is 10.9. The zero-order valence-corrected chi connectivity index (χ0v) is 24.1. The first-order valence-corrected chi connectivity index (χ1v) is 12.9. The van der Waals surface area contributed by atoms with Crippen molar-refractivity contribution in [2.45, 2.75) is 92.0 Å². The molecule has 0 spiro atoms. The molecule has 37 heavy (non-hydrogen) atoms. The molecule has 2 atom stereocenters. The molecule has 2 unspecified atom stereocenters. The number of aryl methyl sites for hydroxylation is 2. The van der Waals surface area contributed by atoms with Crippen LogP contribution in [0.25, 0.3) is 0 Å². The van der Waals surface area contributed by atoms with Gasteiger partial charge in [0.05, 0.1) is 10.7 Å². The lowest BCUT2D eigenvalue weighted by Gasteiger charge is -2.44. The Morgan fingerprint density at radius 2 is 1.57 bits per heavy atom. The van der Waals surface area contributed by atoms with E-state index < -0.39 is 41.1 Å². The van der Waals surface area contributed by atoms with Crippen LogP contribution in [-0.2, 0) is 14.3 Å². The SMILES string of the molecule is CCC(C)(C)N(C(=O)C(C)NC(=O)OC(C)(C)C)C(C(=O)Nc1c(C)cccc1Cl)c1ccccc1C. The highest BCUT2D eigenvalue weighted by atomic mass is 35.5. The Morgan fingerprint density at radius 1 is 0.973 bits per heavy atom. The van der Waals surface area contributed by atoms with Crippen LogP contribution < -0.4 is 10.6 Å². The first-order chi connectivity index (χ1) is 17.1. The number of amides is 3. The molecule has 2 N–H and O–H groups in total. The maximum Gasteiger partial charge on any atom is 0.408 e. The number of anilines is 1. The number of hydrogen-bond donors (Lipinski definition) is 2. The van der Waals surface area contributed by atoms with E-state index in [0.29, 0.717) is 22.7 Å². The van der Waals surface area contributed by atoms with E-state index >= 15 is 0 Å². The van der Waals surface area contributed by atoms with Gasteiger partial charge in [-0.2, -0.15) is 0 Å². The molecule has 2 rings (SSSR count). The molecule has 0 radical (unpaired) electrons. The fraction of sp³-hybridized carbons (Fsp3) is 0.483. The van der Waals surface area contributed by atoms with Crippen LogP contribution in [0.4, 0.5) is 10.5 Å². The van der Waals surface area contributed by atoms with Gasteiger partial charge in [-0.15, -0.1) is 0 Å². The summed E-state index contributed by atoms with van der Waals surface area (Å²) in [5.41, 5.74) is 1.39. The van der Waals surface area contributed by atoms with Crippen molar-refractivity contribution >= 4 is 35.2 Å². The van der Waals surface area contributed by atoms with Gasteiger partial charge < -0.3 is 20.3 Å². The fourth-order valence-corrected chi connectivity index (χ4v) is 4.24. The van der Waals surface area contributed by atoms with Crippen LogP contribution in [0.5, 0.6) is 0 Å². The molecule has 2 aromatic rings. The zero-order valence-electron chi connectivity index (χ0n) is 23.4. The Kier molecular flexibility index (Phi) is 9.78. The normalized spacial score (nSPS) is 13.4. The third-order valence-corrected chi connectivity index (χ3v) is 6.63. The van der Waals surface area contributed by atoms with Gasteiger partial charge >= 0.3 is 6.09 Å². The average Bonchev–Trinajstić information content (AvgIpc) is 2.78. The predicted molar refractivity (Wildman–Crippen MR) is 149 cm³/mol. The van der Waals surface area contributed by atoms with E-state index in [9.17, 15) is 14.4 Å². The number of hydrogen-bond acceptors (Lipinski definition) is 4. The minimum atomic E-state index is -0.984. The van der Waals surface area contributed by atoms with Crippen molar-refractivity contribution in [3.63, 3.8) is 0 Å². The van der Waals surface area contributed by atoms with E-state index in [0.717, 1.165) is 11.1 Å². The number of rotatable bonds is 8. The summed E-state index contributed by atoms with van der Waals surface area (Å²) in [5, 5.41) is 6.01. The molecule has 0 aliphatic carbocycles. The number of nitrogens with zero attached hydrogens (tertiary/aromatic N) is 1. The molecule has 0 aliphatic rings. The molecule has 3 amide bonds. The summed E-state index contributed by atoms with van der Waals surface area (Å²) in [4.78, 5) is 42.1. The minimum Gasteiger partial charge on any atom is -0.444 e. The quantitative estimate of drug-likeness (QED) is 0.405. The van der Waals surface area contributed by atoms with E-state index in [1.54, 1.807) is 38.7 Å². The molecule has 0 saturated carbocycles. The molecule has 7 nitrogen and oxygen atoms in total. The molecule has 0 aliphatic heterocycles. The number of nitrogens with one attached hydrogen (secondary N) is 2. The van der Waals surface area contributed by atoms with Gasteiger partial charge in [-0.1, -0.05) is 54.9 Å². The Balaban J connectivity index is 2.59. The third kappa shape index (κ3) is 7.71. The summed E-state index contributed by atoms with van der Waals surface area (Å²) in [6.07, 6.45) is -0.134. The van der Waals surface area contributed by atoms with Gasteiger partial charge in [-0.3, -0.25) is 9.59 Å². The topological polar surface area (TPSA) is 87.7 Å². The van der Waals surface area contributed by atoms with Crippen LogP contribution in [0.2, 0.25) is 5.02 Å². The lowest BCUT2D eigenvalue weighted by Crippen LogP contribution is -2.58. The molecule has 0 bridgehead atoms. The molecule has 202 valence electrons. The largest absolute Gasteiger partial charge is 0.444 e. The highest BCUT2D eigenvalue weighted by molar-refractivity contribution is 6.34. The van der Waals surface area contributed by atoms with E-state index in [-0.39, 0.29) is 0 Å². The van der Waals surface area contributed by atoms with E-state index in [1.165, 1.54) is 0 Å². The monoisotopic (exact) mass is 529 g/mol. The highest BCUT2D eigenvalue weighted by Gasteiger charge is 2.42. The van der Waals surface area contributed by atoms with Crippen LogP contribution in [0.1, 0.15) is 77.6 Å². The average molecular weight is 530 g/mol. The van der Waals surface area contributed by atoms with Gasteiger partial charge in [0.15, 0.2) is 0 Å². The van der Waals surface area contributed by atoms with Gasteiger partial charge in [0.1, 0.15) is 17.7 Å². The summed E-state index contributed by atoms with van der Waals surface area (Å²) in [5.74, 6) is -0.804. The van der Waals surface area contributed by atoms with Crippen LogP contribution in [0.15, 0.2) is 42.5 Å². The van der Waals surface area contributed by atoms with Crippen molar-refractivity contribution in [1.82, 2.24) is 10.2 Å². The highest BCUT2D eigenvalue weighted by Crippen LogP contribution is 2.35. The molecule has 0 heterocycles. The van der Waals surface area contributed by atoms with Crippen molar-refractivity contribution in [1.29, 1.82) is 0 Å². The number of benzene rings is 2. The lowest BCUT2D eigenvalue weighted by molar-refractivity contribution is -0.147. The van der Waals surface area contributed by atoms with E-state index in [2.05, 4.69) is 10.6 Å². The summed E-state index contributed by atoms with van der Waals surface area (Å²) >= 11 is 6.42. The van der Waals surface area contributed by atoms with E-state index in [1.807, 2.05) is 71.0 Å². The maximum absolute atomic E-state index is 14.0. The third-order valence-electron chi connectivity index (χ3n) is 6.32. The summed E-state index contributed by atoms with van der Waals surface area (Å²) < 4.78 is 5.35. The first-order valence-electron chi connectivity index (χ1n) is 12.5. The Morgan fingerprint density at radius 3 is 2.11 bits per heavy atom. The molecule has 0 aromatic heterocycles. The molecule has 8 heteroatoms. The predicted octanol–water partition coefficient (Wildman–Crippen LogP) is 6.57. The Hall–Kier alpha value is -3.06. The van der Waals surface area contributed by atoms with Gasteiger partial charge in [0.2, 0.25) is 5.91 Å². The number of carbonyl (C=O) groups excluding carboxylic acids is 3. The first kappa shape index (κ1) is 30.2. The van der Waals surface area contributed by atoms with Crippen LogP contribution in [0, 0.1) is 13.8 Å². The molecular formula is C29H40ClN3O4. The summed E-state index contributed by atoms with van der Waals surface area (Å²) in [6.45, 7) is 16.4. The number of para-hydroxylation sites is 1. The van der Waals surface area contributed by atoms with Gasteiger partial charge in [-0.25, -0.2) is 4.79 Å². The van der Waals surface area contributed by atoms with Crippen molar-refractivity contribution in [3.8, 4) is 0 Å². The van der Waals surface area contributed by atoms with Crippen molar-refractivity contribution in [2.24, 2.45) is 0 Å². The summed E-state index contributed by atoms with van der Waals surface area (Å²) in [7, 11) is 0. The zero-order chi connectivity index (χ0) is 28.1. The van der Waals surface area contributed by atoms with Crippen molar-refractivity contribution in [2.75, 3.05) is 5.32 Å². The molecule has 0 saturated heterocycles. The molecule has 2 aromatic carbocycles. The Labute approximate surface area is 225 Å². The standard InChI is InChI=1S/C29H40ClN3O4/c1-10-29(8,9)33(26(35)20(4)31-27(36)37-28(5,6)7)24(21-16-12-11-14-18(21)2)25(34)32-23-19(3)15-13-17-22(23)30/h11-17,20,24H,10H2,1-9H3,(H,31,36)(H,32,34). The Bertz CT molecular complexity index is 1120. The minimum absolute atomic E-state index is 0.398. The number of ether oxygens (including phenoxy) is 1. The van der Waals surface area contributed by atoms with Gasteiger partial charge in [0.25, 0.3) is 5.91 Å². The number of halogens is 1. The fourth-order valence-electron chi connectivity index (χ4n) is 3.97. The van der Waals surface area contributed by atoms with E-state index in [4.69, 9.17) is 16.3 Å². The smallest absolute Gasteiger partial charge is 0.408 e. The maximum atomic E-state index is 14.0. The number of carbonyl (C=O) groups is 3. The number of alkyl carbamates (subject to hydrolysis) is 1. The lowest BCUT2D eigenvalue weighted by atomic mass is 9.90. The molecular weight excluding hydrogens is 490 g/mol. The second kappa shape index (κ2) is 12.0. The second-order valence-corrected chi connectivity index (χ2v) is 11.3. The van der Waals surface area contributed by atoms with Crippen LogP contribution in [0.3, 0.4) is 0 Å².